The molecule has 0 saturated carbocycles. The number of hydrogen-bond donors (Lipinski definition) is 1. The van der Waals surface area contributed by atoms with Crippen molar-refractivity contribution in [3.05, 3.63) is 46.8 Å². The molecule has 19 heavy (non-hydrogen) atoms. The second-order valence-electron chi connectivity index (χ2n) is 4.06. The summed E-state index contributed by atoms with van der Waals surface area (Å²) in [6, 6.07) is 4.39. The lowest BCUT2D eigenvalue weighted by Gasteiger charge is -2.02. The molecule has 0 radical (unpaired) electrons. The molecule has 0 spiro atoms. The molecule has 0 aromatic carbocycles. The molecule has 2 aromatic rings. The molecule has 0 atom stereocenters. The smallest absolute Gasteiger partial charge is 0.255 e. The standard InChI is InChI=1S/C13H13NO5/c1-7-5-10(8(2)18-7)12(15)14-6-9-3-4-11(19-9)13(16)17/h3-5H,6H2,1-2H3,(H,14,15)(H,16,17)/p-1. The number of nitrogens with one attached hydrogen (secondary N) is 1. The second kappa shape index (κ2) is 5.01. The minimum atomic E-state index is -1.39. The zero-order valence-electron chi connectivity index (χ0n) is 10.5. The molecule has 0 aliphatic rings. The quantitative estimate of drug-likeness (QED) is 0.878. The van der Waals surface area contributed by atoms with E-state index in [0.717, 1.165) is 0 Å². The van der Waals surface area contributed by atoms with Gasteiger partial charge in [-0.05, 0) is 32.0 Å². The molecular formula is C13H12NO5-. The summed E-state index contributed by atoms with van der Waals surface area (Å²) in [6.45, 7) is 3.54. The molecule has 0 aliphatic carbocycles. The number of carbonyl (C=O) groups excluding carboxylic acids is 2. The summed E-state index contributed by atoms with van der Waals surface area (Å²) in [5.74, 6) is -0.436. The van der Waals surface area contributed by atoms with Gasteiger partial charge < -0.3 is 24.1 Å². The van der Waals surface area contributed by atoms with Gasteiger partial charge in [0, 0.05) is 0 Å². The first-order valence-electron chi connectivity index (χ1n) is 5.62. The normalized spacial score (nSPS) is 10.4. The largest absolute Gasteiger partial charge is 0.542 e. The third-order valence-corrected chi connectivity index (χ3v) is 2.57. The monoisotopic (exact) mass is 262 g/mol. The number of aromatic carboxylic acids is 1. The number of carbonyl (C=O) groups is 2. The summed E-state index contributed by atoms with van der Waals surface area (Å²) >= 11 is 0. The van der Waals surface area contributed by atoms with E-state index < -0.39 is 5.97 Å². The number of furan rings is 2. The van der Waals surface area contributed by atoms with Crippen LogP contribution in [-0.2, 0) is 6.54 Å². The van der Waals surface area contributed by atoms with Gasteiger partial charge in [0.1, 0.15) is 29.0 Å². The van der Waals surface area contributed by atoms with E-state index in [0.29, 0.717) is 22.8 Å². The number of rotatable bonds is 4. The molecule has 0 bridgehead atoms. The molecule has 2 heterocycles. The Morgan fingerprint density at radius 1 is 1.26 bits per heavy atom. The van der Waals surface area contributed by atoms with Gasteiger partial charge >= 0.3 is 0 Å². The van der Waals surface area contributed by atoms with E-state index in [1.54, 1.807) is 19.9 Å². The van der Waals surface area contributed by atoms with E-state index in [9.17, 15) is 14.7 Å². The Hall–Kier alpha value is -2.50. The van der Waals surface area contributed by atoms with Gasteiger partial charge in [-0.2, -0.15) is 0 Å². The van der Waals surface area contributed by atoms with Crippen LogP contribution in [0.4, 0.5) is 0 Å². The first-order valence-corrected chi connectivity index (χ1v) is 5.62. The van der Waals surface area contributed by atoms with E-state index in [4.69, 9.17) is 8.83 Å². The van der Waals surface area contributed by atoms with Crippen molar-refractivity contribution in [3.63, 3.8) is 0 Å². The van der Waals surface area contributed by atoms with Gasteiger partial charge in [0.25, 0.3) is 5.91 Å². The average Bonchev–Trinajstić information content (AvgIpc) is 2.93. The highest BCUT2D eigenvalue weighted by Crippen LogP contribution is 2.14. The molecule has 100 valence electrons. The lowest BCUT2D eigenvalue weighted by molar-refractivity contribution is -0.257. The van der Waals surface area contributed by atoms with Crippen LogP contribution in [0, 0.1) is 13.8 Å². The molecule has 0 unspecified atom stereocenters. The Bertz CT molecular complexity index is 623. The SMILES string of the molecule is Cc1cc(C(=O)NCc2ccc(C(=O)[O-])o2)c(C)o1. The third-order valence-electron chi connectivity index (χ3n) is 2.57. The van der Waals surface area contributed by atoms with Crippen LogP contribution in [0.5, 0.6) is 0 Å². The summed E-state index contributed by atoms with van der Waals surface area (Å²) < 4.78 is 10.2. The molecule has 0 aliphatic heterocycles. The van der Waals surface area contributed by atoms with Crippen LogP contribution in [0.3, 0.4) is 0 Å². The van der Waals surface area contributed by atoms with Crippen LogP contribution < -0.4 is 10.4 Å². The number of carboxylic acids is 1. The fourth-order valence-corrected chi connectivity index (χ4v) is 1.70. The van der Waals surface area contributed by atoms with Crippen LogP contribution in [0.25, 0.3) is 0 Å². The van der Waals surface area contributed by atoms with Crippen molar-refractivity contribution in [1.82, 2.24) is 5.32 Å². The molecule has 0 fully saturated rings. The van der Waals surface area contributed by atoms with E-state index in [1.807, 2.05) is 0 Å². The van der Waals surface area contributed by atoms with Crippen LogP contribution in [0.15, 0.2) is 27.0 Å². The lowest BCUT2D eigenvalue weighted by Crippen LogP contribution is -2.23. The molecule has 1 N–H and O–H groups in total. The molecule has 0 saturated heterocycles. The van der Waals surface area contributed by atoms with E-state index in [-0.39, 0.29) is 18.2 Å². The number of carboxylic acid groups (broad SMARTS) is 1. The summed E-state index contributed by atoms with van der Waals surface area (Å²) in [5, 5.41) is 13.1. The zero-order chi connectivity index (χ0) is 14.0. The van der Waals surface area contributed by atoms with Crippen molar-refractivity contribution >= 4 is 11.9 Å². The third kappa shape index (κ3) is 2.85. The fraction of sp³-hybridized carbons (Fsp3) is 0.231. The van der Waals surface area contributed by atoms with Gasteiger partial charge in [0.05, 0.1) is 12.1 Å². The van der Waals surface area contributed by atoms with Crippen molar-refractivity contribution in [2.75, 3.05) is 0 Å². The first kappa shape index (κ1) is 12.9. The van der Waals surface area contributed by atoms with Gasteiger partial charge in [-0.1, -0.05) is 0 Å². The maximum Gasteiger partial charge on any atom is 0.255 e. The molecule has 1 amide bonds. The van der Waals surface area contributed by atoms with Crippen molar-refractivity contribution in [2.45, 2.75) is 20.4 Å². The van der Waals surface area contributed by atoms with Crippen molar-refractivity contribution in [2.24, 2.45) is 0 Å². The van der Waals surface area contributed by atoms with E-state index in [2.05, 4.69) is 5.32 Å². The summed E-state index contributed by atoms with van der Waals surface area (Å²) in [6.07, 6.45) is 0. The summed E-state index contributed by atoms with van der Waals surface area (Å²) in [5.41, 5.74) is 0.448. The van der Waals surface area contributed by atoms with Gasteiger partial charge in [0.2, 0.25) is 0 Å². The molecule has 2 aromatic heterocycles. The van der Waals surface area contributed by atoms with Crippen LogP contribution >= 0.6 is 0 Å². The molecule has 6 heteroatoms. The molecular weight excluding hydrogens is 250 g/mol. The van der Waals surface area contributed by atoms with E-state index in [1.165, 1.54) is 12.1 Å². The molecule has 2 rings (SSSR count). The fourth-order valence-electron chi connectivity index (χ4n) is 1.70. The van der Waals surface area contributed by atoms with Gasteiger partial charge in [0.15, 0.2) is 0 Å². The number of aryl methyl sites for hydroxylation is 2. The Labute approximate surface area is 109 Å². The summed E-state index contributed by atoms with van der Waals surface area (Å²) in [4.78, 5) is 22.4. The van der Waals surface area contributed by atoms with Crippen molar-refractivity contribution < 1.29 is 23.5 Å². The first-order chi connectivity index (χ1) is 8.97. The predicted octanol–water partition coefficient (Wildman–Crippen LogP) is 0.783. The minimum absolute atomic E-state index is 0.0930. The van der Waals surface area contributed by atoms with Gasteiger partial charge in [-0.25, -0.2) is 0 Å². The second-order valence-corrected chi connectivity index (χ2v) is 4.06. The Morgan fingerprint density at radius 2 is 2.00 bits per heavy atom. The lowest BCUT2D eigenvalue weighted by atomic mass is 10.2. The van der Waals surface area contributed by atoms with Gasteiger partial charge in [-0.3, -0.25) is 4.79 Å². The Balaban J connectivity index is 2.00. The Kier molecular flexibility index (Phi) is 3.41. The number of amides is 1. The number of hydrogen-bond acceptors (Lipinski definition) is 5. The molecule has 6 nitrogen and oxygen atoms in total. The van der Waals surface area contributed by atoms with Crippen LogP contribution in [0.1, 0.15) is 38.2 Å². The highest BCUT2D eigenvalue weighted by atomic mass is 16.4. The summed E-state index contributed by atoms with van der Waals surface area (Å²) in [7, 11) is 0. The van der Waals surface area contributed by atoms with Crippen molar-refractivity contribution in [3.8, 4) is 0 Å². The topological polar surface area (TPSA) is 95.5 Å². The van der Waals surface area contributed by atoms with Crippen LogP contribution in [-0.4, -0.2) is 11.9 Å². The maximum absolute atomic E-state index is 11.9. The highest BCUT2D eigenvalue weighted by molar-refractivity contribution is 5.95. The minimum Gasteiger partial charge on any atom is -0.542 e. The van der Waals surface area contributed by atoms with Crippen LogP contribution in [0.2, 0.25) is 0 Å². The van der Waals surface area contributed by atoms with E-state index >= 15 is 0 Å². The average molecular weight is 262 g/mol. The zero-order valence-corrected chi connectivity index (χ0v) is 10.5. The maximum atomic E-state index is 11.9. The Morgan fingerprint density at radius 3 is 2.53 bits per heavy atom. The van der Waals surface area contributed by atoms with Gasteiger partial charge in [-0.15, -0.1) is 0 Å². The predicted molar refractivity (Wildman–Crippen MR) is 62.4 cm³/mol. The van der Waals surface area contributed by atoms with Crippen molar-refractivity contribution in [1.29, 1.82) is 0 Å². The highest BCUT2D eigenvalue weighted by Gasteiger charge is 2.13.